The highest BCUT2D eigenvalue weighted by Crippen LogP contribution is 2.03. The number of nitrogens with one attached hydrogen (secondary N) is 1. The average Bonchev–Trinajstić information content (AvgIpc) is 1.67. The van der Waals surface area contributed by atoms with Crippen LogP contribution in [0.3, 0.4) is 0 Å². The first-order chi connectivity index (χ1) is 3.62. The molecule has 0 aliphatic rings. The SMILES string of the molecule is C#CCC(C)(C)NC. The molecule has 1 heteroatoms. The van der Waals surface area contributed by atoms with Gasteiger partial charge in [0.2, 0.25) is 0 Å². The predicted molar refractivity (Wildman–Crippen MR) is 36.6 cm³/mol. The minimum atomic E-state index is 0.106. The van der Waals surface area contributed by atoms with Crippen LogP contribution >= 0.6 is 0 Å². The summed E-state index contributed by atoms with van der Waals surface area (Å²) in [5.41, 5.74) is 0.106. The van der Waals surface area contributed by atoms with Gasteiger partial charge in [0.05, 0.1) is 0 Å². The Balaban J connectivity index is 3.58. The molecule has 0 aromatic heterocycles. The van der Waals surface area contributed by atoms with E-state index in [1.807, 2.05) is 7.05 Å². The van der Waals surface area contributed by atoms with E-state index in [1.165, 1.54) is 0 Å². The van der Waals surface area contributed by atoms with Crippen LogP contribution in [0.2, 0.25) is 0 Å². The fourth-order valence-electron chi connectivity index (χ4n) is 0.344. The zero-order valence-corrected chi connectivity index (χ0v) is 5.78. The normalized spacial score (nSPS) is 10.8. The highest BCUT2D eigenvalue weighted by atomic mass is 14.9. The van der Waals surface area contributed by atoms with Crippen LogP contribution in [0.5, 0.6) is 0 Å². The minimum Gasteiger partial charge on any atom is -0.314 e. The first kappa shape index (κ1) is 7.52. The molecule has 0 aliphatic heterocycles. The van der Waals surface area contributed by atoms with Gasteiger partial charge < -0.3 is 5.32 Å². The van der Waals surface area contributed by atoms with Gasteiger partial charge in [-0.25, -0.2) is 0 Å². The van der Waals surface area contributed by atoms with Crippen molar-refractivity contribution < 1.29 is 0 Å². The lowest BCUT2D eigenvalue weighted by atomic mass is 10.0. The molecule has 46 valence electrons. The zero-order chi connectivity index (χ0) is 6.62. The Morgan fingerprint density at radius 3 is 2.25 bits per heavy atom. The van der Waals surface area contributed by atoms with E-state index in [1.54, 1.807) is 0 Å². The van der Waals surface area contributed by atoms with E-state index in [2.05, 4.69) is 25.1 Å². The first-order valence-electron chi connectivity index (χ1n) is 2.75. The van der Waals surface area contributed by atoms with Gasteiger partial charge >= 0.3 is 0 Å². The molecule has 0 aromatic carbocycles. The summed E-state index contributed by atoms with van der Waals surface area (Å²) in [5.74, 6) is 2.60. The van der Waals surface area contributed by atoms with Gasteiger partial charge in [0, 0.05) is 12.0 Å². The zero-order valence-electron chi connectivity index (χ0n) is 5.78. The molecule has 0 heterocycles. The maximum Gasteiger partial charge on any atom is 0.0263 e. The number of rotatable bonds is 2. The summed E-state index contributed by atoms with van der Waals surface area (Å²) in [6.45, 7) is 4.15. The van der Waals surface area contributed by atoms with Gasteiger partial charge in [0.15, 0.2) is 0 Å². The third-order valence-electron chi connectivity index (χ3n) is 1.22. The van der Waals surface area contributed by atoms with Crippen LogP contribution in [0.4, 0.5) is 0 Å². The molecule has 0 rings (SSSR count). The molecule has 0 aliphatic carbocycles. The van der Waals surface area contributed by atoms with Crippen LogP contribution in [-0.4, -0.2) is 12.6 Å². The maximum absolute atomic E-state index is 5.10. The largest absolute Gasteiger partial charge is 0.314 e. The van der Waals surface area contributed by atoms with Crippen molar-refractivity contribution in [2.75, 3.05) is 7.05 Å². The highest BCUT2D eigenvalue weighted by Gasteiger charge is 2.10. The molecular formula is C7H13N. The lowest BCUT2D eigenvalue weighted by Crippen LogP contribution is -2.35. The van der Waals surface area contributed by atoms with Crippen molar-refractivity contribution in [2.24, 2.45) is 0 Å². The molecule has 0 fully saturated rings. The quantitative estimate of drug-likeness (QED) is 0.524. The third-order valence-corrected chi connectivity index (χ3v) is 1.22. The second-order valence-corrected chi connectivity index (χ2v) is 2.51. The van der Waals surface area contributed by atoms with E-state index >= 15 is 0 Å². The fraction of sp³-hybridized carbons (Fsp3) is 0.714. The van der Waals surface area contributed by atoms with Crippen LogP contribution in [0.15, 0.2) is 0 Å². The van der Waals surface area contributed by atoms with Gasteiger partial charge in [-0.05, 0) is 20.9 Å². The molecule has 1 nitrogen and oxygen atoms in total. The summed E-state index contributed by atoms with van der Waals surface area (Å²) in [6.07, 6.45) is 5.88. The summed E-state index contributed by atoms with van der Waals surface area (Å²) in [7, 11) is 1.91. The Morgan fingerprint density at radius 2 is 2.12 bits per heavy atom. The number of terminal acetylenes is 1. The molecule has 0 bridgehead atoms. The Kier molecular flexibility index (Phi) is 2.57. The summed E-state index contributed by atoms with van der Waals surface area (Å²) >= 11 is 0. The van der Waals surface area contributed by atoms with Gasteiger partial charge in [0.1, 0.15) is 0 Å². The molecule has 0 spiro atoms. The molecule has 8 heavy (non-hydrogen) atoms. The van der Waals surface area contributed by atoms with E-state index in [-0.39, 0.29) is 5.54 Å². The smallest absolute Gasteiger partial charge is 0.0263 e. The molecule has 0 saturated carbocycles. The molecule has 0 amide bonds. The van der Waals surface area contributed by atoms with Gasteiger partial charge in [-0.2, -0.15) is 0 Å². The van der Waals surface area contributed by atoms with Gasteiger partial charge in [-0.1, -0.05) is 0 Å². The molecule has 0 saturated heterocycles. The Morgan fingerprint density at radius 1 is 1.62 bits per heavy atom. The van der Waals surface area contributed by atoms with Crippen LogP contribution < -0.4 is 5.32 Å². The van der Waals surface area contributed by atoms with Crippen molar-refractivity contribution in [3.8, 4) is 12.3 Å². The molecule has 0 radical (unpaired) electrons. The van der Waals surface area contributed by atoms with Crippen LogP contribution in [-0.2, 0) is 0 Å². The van der Waals surface area contributed by atoms with Crippen LogP contribution in [0, 0.1) is 12.3 Å². The summed E-state index contributed by atoms with van der Waals surface area (Å²) in [6, 6.07) is 0. The van der Waals surface area contributed by atoms with Crippen LogP contribution in [0.25, 0.3) is 0 Å². The standard InChI is InChI=1S/C7H13N/c1-5-6-7(2,3)8-4/h1,8H,6H2,2-4H3. The monoisotopic (exact) mass is 111 g/mol. The van der Waals surface area contributed by atoms with Crippen molar-refractivity contribution in [2.45, 2.75) is 25.8 Å². The maximum atomic E-state index is 5.10. The van der Waals surface area contributed by atoms with E-state index in [9.17, 15) is 0 Å². The molecule has 0 unspecified atom stereocenters. The van der Waals surface area contributed by atoms with Gasteiger partial charge in [-0.3, -0.25) is 0 Å². The van der Waals surface area contributed by atoms with Gasteiger partial charge in [0.25, 0.3) is 0 Å². The average molecular weight is 111 g/mol. The Labute approximate surface area is 51.5 Å². The summed E-state index contributed by atoms with van der Waals surface area (Å²) in [5, 5.41) is 3.10. The summed E-state index contributed by atoms with van der Waals surface area (Å²) in [4.78, 5) is 0. The second-order valence-electron chi connectivity index (χ2n) is 2.51. The van der Waals surface area contributed by atoms with Crippen molar-refractivity contribution in [3.63, 3.8) is 0 Å². The van der Waals surface area contributed by atoms with Crippen molar-refractivity contribution in [1.82, 2.24) is 5.32 Å². The van der Waals surface area contributed by atoms with Crippen molar-refractivity contribution >= 4 is 0 Å². The predicted octanol–water partition coefficient (Wildman–Crippen LogP) is 1.01. The Bertz CT molecular complexity index is 97.4. The Hall–Kier alpha value is -0.480. The first-order valence-corrected chi connectivity index (χ1v) is 2.75. The third kappa shape index (κ3) is 2.65. The van der Waals surface area contributed by atoms with Gasteiger partial charge in [-0.15, -0.1) is 12.3 Å². The molecule has 0 atom stereocenters. The van der Waals surface area contributed by atoms with E-state index in [4.69, 9.17) is 6.42 Å². The van der Waals surface area contributed by atoms with Crippen LogP contribution in [0.1, 0.15) is 20.3 Å². The second kappa shape index (κ2) is 2.74. The van der Waals surface area contributed by atoms with E-state index < -0.39 is 0 Å². The van der Waals surface area contributed by atoms with Crippen molar-refractivity contribution in [1.29, 1.82) is 0 Å². The van der Waals surface area contributed by atoms with E-state index in [0.29, 0.717) is 0 Å². The van der Waals surface area contributed by atoms with E-state index in [0.717, 1.165) is 6.42 Å². The number of hydrogen-bond donors (Lipinski definition) is 1. The fourth-order valence-corrected chi connectivity index (χ4v) is 0.344. The topological polar surface area (TPSA) is 12.0 Å². The number of hydrogen-bond acceptors (Lipinski definition) is 1. The molecule has 0 aromatic rings. The summed E-state index contributed by atoms with van der Waals surface area (Å²) < 4.78 is 0. The lowest BCUT2D eigenvalue weighted by Gasteiger charge is -2.19. The lowest BCUT2D eigenvalue weighted by molar-refractivity contribution is 0.436. The van der Waals surface area contributed by atoms with Crippen molar-refractivity contribution in [3.05, 3.63) is 0 Å². The molecule has 1 N–H and O–H groups in total. The minimum absolute atomic E-state index is 0.106. The molecular weight excluding hydrogens is 98.1 g/mol. The highest BCUT2D eigenvalue weighted by molar-refractivity contribution is 4.94.